The highest BCUT2D eigenvalue weighted by molar-refractivity contribution is 5.80. The Labute approximate surface area is 221 Å². The Morgan fingerprint density at radius 1 is 1.15 bits per heavy atom. The molecule has 5 rings (SSSR count). The fourth-order valence-corrected chi connectivity index (χ4v) is 5.10. The van der Waals surface area contributed by atoms with E-state index in [2.05, 4.69) is 25.7 Å². The van der Waals surface area contributed by atoms with Crippen LogP contribution in [0.4, 0.5) is 22.4 Å². The third-order valence-electron chi connectivity index (χ3n) is 7.18. The summed E-state index contributed by atoms with van der Waals surface area (Å²) in [7, 11) is 0. The smallest absolute Gasteiger partial charge is 0.408 e. The Bertz CT molecular complexity index is 1330. The third-order valence-corrected chi connectivity index (χ3v) is 7.18. The number of alkyl halides is 4. The van der Waals surface area contributed by atoms with E-state index in [0.29, 0.717) is 11.4 Å². The zero-order valence-corrected chi connectivity index (χ0v) is 21.0. The number of halogens is 4. The first-order chi connectivity index (χ1) is 18.6. The summed E-state index contributed by atoms with van der Waals surface area (Å²) in [5.41, 5.74) is 1.47. The molecule has 2 atom stereocenters. The highest BCUT2D eigenvalue weighted by Crippen LogP contribution is 2.41. The average molecular weight is 549 g/mol. The normalized spacial score (nSPS) is 21.7. The van der Waals surface area contributed by atoms with Gasteiger partial charge in [-0.2, -0.15) is 5.10 Å². The average Bonchev–Trinajstić information content (AvgIpc) is 3.32. The van der Waals surface area contributed by atoms with Crippen molar-refractivity contribution in [3.8, 4) is 0 Å². The summed E-state index contributed by atoms with van der Waals surface area (Å²) < 4.78 is 62.0. The zero-order chi connectivity index (χ0) is 27.6. The molecule has 39 heavy (non-hydrogen) atoms. The number of nitrogens with zero attached hydrogens (tertiary/aromatic N) is 4. The minimum atomic E-state index is -3.00. The number of rotatable bonds is 7. The van der Waals surface area contributed by atoms with Gasteiger partial charge >= 0.3 is 6.09 Å². The number of alkyl carbamates (subject to hydrolysis) is 1. The van der Waals surface area contributed by atoms with Crippen LogP contribution >= 0.6 is 0 Å². The Hall–Kier alpha value is -3.77. The fourth-order valence-electron chi connectivity index (χ4n) is 5.10. The van der Waals surface area contributed by atoms with Gasteiger partial charge < -0.3 is 15.4 Å². The number of piperidine rings is 1. The molecular weight excluding hydrogens is 520 g/mol. The van der Waals surface area contributed by atoms with Crippen LogP contribution in [0.3, 0.4) is 0 Å². The van der Waals surface area contributed by atoms with Crippen LogP contribution in [0.2, 0.25) is 0 Å². The fraction of sp³-hybridized carbons (Fsp3) is 0.500. The van der Waals surface area contributed by atoms with Crippen LogP contribution in [0.5, 0.6) is 0 Å². The standard InChI is InChI=1S/C26H28F4N6O3/c27-25(28)8-6-17(7-9-25)21(34-24(38)39-14-16-4-2-1-3-5-16)20-13-36-23(33-20)31-12-19(35-36)10-18-11-26(29,30)15-32-22(18)37/h1-5,12-13,17-18,21H,6-11,14-15H2,(H,32,37)(H,34,38)/t18?,21-/m0/s1. The van der Waals surface area contributed by atoms with Gasteiger partial charge in [-0.1, -0.05) is 30.3 Å². The minimum Gasteiger partial charge on any atom is -0.445 e. The zero-order valence-electron chi connectivity index (χ0n) is 21.0. The molecule has 1 aromatic carbocycles. The number of benzene rings is 1. The van der Waals surface area contributed by atoms with Crippen LogP contribution in [0.1, 0.15) is 55.1 Å². The molecule has 3 aromatic rings. The Morgan fingerprint density at radius 2 is 1.90 bits per heavy atom. The monoisotopic (exact) mass is 548 g/mol. The van der Waals surface area contributed by atoms with Gasteiger partial charge in [0.2, 0.25) is 11.8 Å². The van der Waals surface area contributed by atoms with Gasteiger partial charge in [0.15, 0.2) is 0 Å². The SMILES string of the molecule is O=C(N[C@H](c1cn2nc(CC3CC(F)(F)CNC3=O)cnc2n1)C1CCC(F)(F)CC1)OCc1ccccc1. The molecule has 1 saturated carbocycles. The first kappa shape index (κ1) is 26.8. The largest absolute Gasteiger partial charge is 0.445 e. The van der Waals surface area contributed by atoms with Crippen molar-refractivity contribution in [1.29, 1.82) is 0 Å². The Balaban J connectivity index is 1.34. The second-order valence-electron chi connectivity index (χ2n) is 10.2. The number of fused-ring (bicyclic) bond motifs is 1. The highest BCUT2D eigenvalue weighted by Gasteiger charge is 2.41. The molecule has 3 heterocycles. The molecule has 2 amide bonds. The lowest BCUT2D eigenvalue weighted by Gasteiger charge is -2.33. The number of hydrogen-bond donors (Lipinski definition) is 2. The molecule has 208 valence electrons. The van der Waals surface area contributed by atoms with Gasteiger partial charge in [-0.15, -0.1) is 0 Å². The Kier molecular flexibility index (Phi) is 7.41. The number of ether oxygens (including phenoxy) is 1. The lowest BCUT2D eigenvalue weighted by atomic mass is 9.81. The predicted molar refractivity (Wildman–Crippen MR) is 130 cm³/mol. The highest BCUT2D eigenvalue weighted by atomic mass is 19.3. The van der Waals surface area contributed by atoms with Crippen molar-refractivity contribution >= 4 is 17.8 Å². The number of nitrogens with one attached hydrogen (secondary N) is 2. The quantitative estimate of drug-likeness (QED) is 0.428. The van der Waals surface area contributed by atoms with Crippen molar-refractivity contribution in [1.82, 2.24) is 30.2 Å². The molecule has 13 heteroatoms. The van der Waals surface area contributed by atoms with Crippen LogP contribution in [0.15, 0.2) is 42.7 Å². The molecule has 1 aliphatic carbocycles. The van der Waals surface area contributed by atoms with Gasteiger partial charge in [0.1, 0.15) is 6.61 Å². The summed E-state index contributed by atoms with van der Waals surface area (Å²) in [5, 5.41) is 9.38. The number of aromatic nitrogens is 4. The van der Waals surface area contributed by atoms with E-state index in [1.165, 1.54) is 16.9 Å². The maximum Gasteiger partial charge on any atom is 0.408 e. The summed E-state index contributed by atoms with van der Waals surface area (Å²) in [6, 6.07) is 8.36. The van der Waals surface area contributed by atoms with Crippen molar-refractivity contribution in [3.05, 3.63) is 59.7 Å². The molecule has 1 aliphatic heterocycles. The van der Waals surface area contributed by atoms with Crippen LogP contribution in [-0.2, 0) is 22.6 Å². The van der Waals surface area contributed by atoms with Gasteiger partial charge in [-0.05, 0) is 24.3 Å². The van der Waals surface area contributed by atoms with Crippen LogP contribution < -0.4 is 10.6 Å². The van der Waals surface area contributed by atoms with Crippen molar-refractivity contribution in [3.63, 3.8) is 0 Å². The number of carbonyl (C=O) groups is 2. The summed E-state index contributed by atoms with van der Waals surface area (Å²) in [6.45, 7) is -0.652. The molecule has 9 nitrogen and oxygen atoms in total. The van der Waals surface area contributed by atoms with Gasteiger partial charge in [0, 0.05) is 31.6 Å². The maximum absolute atomic E-state index is 13.9. The molecule has 2 fully saturated rings. The van der Waals surface area contributed by atoms with E-state index >= 15 is 0 Å². The number of imidazole rings is 1. The summed E-state index contributed by atoms with van der Waals surface area (Å²) in [5.74, 6) is -7.33. The Morgan fingerprint density at radius 3 is 2.64 bits per heavy atom. The van der Waals surface area contributed by atoms with E-state index in [1.54, 1.807) is 0 Å². The van der Waals surface area contributed by atoms with Crippen molar-refractivity contribution in [2.75, 3.05) is 6.54 Å². The lowest BCUT2D eigenvalue weighted by Crippen LogP contribution is -2.48. The molecule has 2 aliphatic rings. The van der Waals surface area contributed by atoms with Crippen LogP contribution in [-0.4, -0.2) is 50.0 Å². The number of carbonyl (C=O) groups excluding carboxylic acids is 2. The molecule has 2 aromatic heterocycles. The van der Waals surface area contributed by atoms with Crippen molar-refractivity contribution < 1.29 is 31.9 Å². The molecule has 2 N–H and O–H groups in total. The topological polar surface area (TPSA) is 111 Å². The van der Waals surface area contributed by atoms with E-state index in [9.17, 15) is 27.2 Å². The second kappa shape index (κ2) is 10.8. The molecule has 0 bridgehead atoms. The van der Waals surface area contributed by atoms with Gasteiger partial charge in [-0.25, -0.2) is 36.8 Å². The lowest BCUT2D eigenvalue weighted by molar-refractivity contribution is -0.136. The predicted octanol–water partition coefficient (Wildman–Crippen LogP) is 4.23. The first-order valence-electron chi connectivity index (χ1n) is 12.8. The van der Waals surface area contributed by atoms with Gasteiger partial charge in [-0.3, -0.25) is 4.79 Å². The third kappa shape index (κ3) is 6.63. The van der Waals surface area contributed by atoms with Crippen molar-refractivity contribution in [2.45, 2.75) is 63.0 Å². The van der Waals surface area contributed by atoms with E-state index in [1.807, 2.05) is 30.3 Å². The minimum absolute atomic E-state index is 0.0353. The van der Waals surface area contributed by atoms with Crippen LogP contribution in [0, 0.1) is 11.8 Å². The van der Waals surface area contributed by atoms with E-state index < -0.39 is 48.8 Å². The molecule has 0 spiro atoms. The summed E-state index contributed by atoms with van der Waals surface area (Å²) in [6.07, 6.45) is 1.27. The molecular formula is C26H28F4N6O3. The summed E-state index contributed by atoms with van der Waals surface area (Å²) >= 11 is 0. The van der Waals surface area contributed by atoms with Gasteiger partial charge in [0.05, 0.1) is 36.4 Å². The summed E-state index contributed by atoms with van der Waals surface area (Å²) in [4.78, 5) is 33.5. The van der Waals surface area contributed by atoms with E-state index in [0.717, 1.165) is 5.56 Å². The maximum atomic E-state index is 13.9. The first-order valence-corrected chi connectivity index (χ1v) is 12.8. The molecule has 0 radical (unpaired) electrons. The van der Waals surface area contributed by atoms with Gasteiger partial charge in [0.25, 0.3) is 11.7 Å². The number of amides is 2. The second-order valence-corrected chi connectivity index (χ2v) is 10.2. The van der Waals surface area contributed by atoms with E-state index in [4.69, 9.17) is 4.74 Å². The molecule has 1 unspecified atom stereocenters. The van der Waals surface area contributed by atoms with Crippen molar-refractivity contribution in [2.24, 2.45) is 11.8 Å². The number of hydrogen-bond acceptors (Lipinski definition) is 6. The molecule has 1 saturated heterocycles. The van der Waals surface area contributed by atoms with E-state index in [-0.39, 0.29) is 50.4 Å². The van der Waals surface area contributed by atoms with Crippen LogP contribution in [0.25, 0.3) is 5.78 Å².